The average Bonchev–Trinajstić information content (AvgIpc) is 3.40. The Morgan fingerprint density at radius 3 is 2.91 bits per heavy atom. The van der Waals surface area contributed by atoms with E-state index in [4.69, 9.17) is 21.1 Å². The predicted molar refractivity (Wildman–Crippen MR) is 153 cm³/mol. The molecule has 3 aliphatic heterocycles. The number of aromatic nitrogens is 4. The lowest BCUT2D eigenvalue weighted by Gasteiger charge is -2.31. The molecule has 4 aromatic rings. The lowest BCUT2D eigenvalue weighted by molar-refractivity contribution is 0.107. The Bertz CT molecular complexity index is 2030. The van der Waals surface area contributed by atoms with Crippen LogP contribution in [0.3, 0.4) is 0 Å². The second-order valence-electron chi connectivity index (χ2n) is 11.9. The Labute approximate surface area is 261 Å². The van der Waals surface area contributed by atoms with Gasteiger partial charge in [0.2, 0.25) is 5.82 Å². The summed E-state index contributed by atoms with van der Waals surface area (Å²) in [4.78, 5) is 20.2. The summed E-state index contributed by atoms with van der Waals surface area (Å²) >= 11 is 0. The van der Waals surface area contributed by atoms with Gasteiger partial charge in [-0.3, -0.25) is 14.9 Å². The molecule has 45 heavy (non-hydrogen) atoms. The molecule has 5 atom stereocenters. The highest BCUT2D eigenvalue weighted by Gasteiger charge is 2.56. The van der Waals surface area contributed by atoms with Crippen molar-refractivity contribution < 1.29 is 43.0 Å². The first-order valence-electron chi connectivity index (χ1n) is 17.1. The van der Waals surface area contributed by atoms with Crippen LogP contribution in [-0.4, -0.2) is 95.2 Å². The molecule has 0 spiro atoms. The molecular formula is C31H29F5N6O3. The molecular weight excluding hydrogens is 599 g/mol. The SMILES string of the molecule is [2H]C([2H])([2H])Oc1c(F)c(F)cc2cncc(-c3ncc4c(N5CCOC[C@H]6[C@@H](F)[C@H]65)nc(OC([2H])([2H])[C@@]56CCCN5C[C@H](F)C6)nc4c3F)c12. The fraction of sp³-hybridized carbons (Fsp3) is 0.484. The summed E-state index contributed by atoms with van der Waals surface area (Å²) in [5.41, 5.74) is -2.56. The van der Waals surface area contributed by atoms with Gasteiger partial charge in [0.1, 0.15) is 35.9 Å². The number of nitrogens with zero attached hydrogens (tertiary/aromatic N) is 6. The van der Waals surface area contributed by atoms with E-state index in [0.717, 1.165) is 18.5 Å². The summed E-state index contributed by atoms with van der Waals surface area (Å²) in [7, 11) is -3.22. The van der Waals surface area contributed by atoms with Crippen LogP contribution in [0, 0.1) is 23.4 Å². The summed E-state index contributed by atoms with van der Waals surface area (Å²) < 4.78 is 133. The molecule has 236 valence electrons. The van der Waals surface area contributed by atoms with E-state index >= 15 is 8.78 Å². The number of halogens is 5. The number of methoxy groups -OCH3 is 1. The van der Waals surface area contributed by atoms with E-state index < -0.39 is 83.9 Å². The number of ether oxygens (including phenoxy) is 3. The fourth-order valence-corrected chi connectivity index (χ4v) is 7.09. The lowest BCUT2D eigenvalue weighted by Crippen LogP contribution is -2.43. The summed E-state index contributed by atoms with van der Waals surface area (Å²) in [5, 5.41) is -0.464. The smallest absolute Gasteiger partial charge is 0.319 e. The maximum absolute atomic E-state index is 16.9. The predicted octanol–water partition coefficient (Wildman–Crippen LogP) is 4.79. The van der Waals surface area contributed by atoms with E-state index in [1.807, 2.05) is 0 Å². The molecule has 9 nitrogen and oxygen atoms in total. The fourth-order valence-electron chi connectivity index (χ4n) is 7.09. The maximum atomic E-state index is 16.9. The molecule has 1 aliphatic carbocycles. The summed E-state index contributed by atoms with van der Waals surface area (Å²) in [6.45, 7) is -1.58. The van der Waals surface area contributed by atoms with Gasteiger partial charge in [-0.25, -0.2) is 17.6 Å². The molecule has 1 saturated carbocycles. The Morgan fingerprint density at radius 1 is 1.16 bits per heavy atom. The summed E-state index contributed by atoms with van der Waals surface area (Å²) in [6.07, 6.45) is 1.56. The highest BCUT2D eigenvalue weighted by molar-refractivity contribution is 6.01. The third-order valence-electron chi connectivity index (χ3n) is 9.28. The highest BCUT2D eigenvalue weighted by Crippen LogP contribution is 2.46. The first-order valence-corrected chi connectivity index (χ1v) is 14.6. The number of rotatable bonds is 6. The average molecular weight is 634 g/mol. The Morgan fingerprint density at radius 2 is 2.04 bits per heavy atom. The van der Waals surface area contributed by atoms with Crippen LogP contribution in [0.1, 0.15) is 26.1 Å². The Kier molecular flexibility index (Phi) is 5.51. The molecule has 4 fully saturated rings. The van der Waals surface area contributed by atoms with E-state index in [-0.39, 0.29) is 60.3 Å². The first-order chi connectivity index (χ1) is 23.7. The van der Waals surface area contributed by atoms with E-state index in [2.05, 4.69) is 19.9 Å². The molecule has 0 amide bonds. The second kappa shape index (κ2) is 10.6. The van der Waals surface area contributed by atoms with Crippen molar-refractivity contribution in [3.8, 4) is 23.0 Å². The number of anilines is 1. The zero-order chi connectivity index (χ0) is 35.3. The second-order valence-corrected chi connectivity index (χ2v) is 11.9. The molecule has 3 aromatic heterocycles. The Hall–Kier alpha value is -3.91. The van der Waals surface area contributed by atoms with Gasteiger partial charge in [-0.15, -0.1) is 0 Å². The van der Waals surface area contributed by atoms with Crippen LogP contribution in [0.25, 0.3) is 32.9 Å². The van der Waals surface area contributed by atoms with E-state index in [9.17, 15) is 13.2 Å². The first kappa shape index (κ1) is 23.4. The minimum Gasteiger partial charge on any atom is -0.493 e. The molecule has 0 unspecified atom stereocenters. The third-order valence-corrected chi connectivity index (χ3v) is 9.28. The largest absolute Gasteiger partial charge is 0.493 e. The number of alkyl halides is 2. The van der Waals surface area contributed by atoms with Crippen molar-refractivity contribution in [2.45, 2.75) is 43.2 Å². The minimum atomic E-state index is -3.22. The number of hydrogen-bond donors (Lipinski definition) is 0. The standard InChI is InChI=1S/C31H29F5N6O3/c1-43-28-21-15(7-20(33)23(28)35)9-37-10-17(21)25-24(36)26-18(11-38-25)29(42-5-6-44-13-19-22(34)27(19)42)40-30(39-26)45-14-31-3-2-4-41(31)12-16(32)8-31/h7,9-11,16,19,22,27H,2-6,8,12-14H2,1H3/t16-,19+,22-,27+,31+/m1/s1/i1D3,14D2. The third kappa shape index (κ3) is 4.47. The van der Waals surface area contributed by atoms with Gasteiger partial charge < -0.3 is 19.1 Å². The van der Waals surface area contributed by atoms with Crippen LogP contribution in [0.4, 0.5) is 27.8 Å². The van der Waals surface area contributed by atoms with Crippen molar-refractivity contribution in [2.75, 3.05) is 51.3 Å². The number of benzene rings is 1. The molecule has 14 heteroatoms. The monoisotopic (exact) mass is 633 g/mol. The van der Waals surface area contributed by atoms with Crippen molar-refractivity contribution in [3.63, 3.8) is 0 Å². The molecule has 0 bridgehead atoms. The number of hydrogen-bond acceptors (Lipinski definition) is 9. The highest BCUT2D eigenvalue weighted by atomic mass is 19.2. The molecule has 3 saturated heterocycles. The van der Waals surface area contributed by atoms with Crippen LogP contribution in [-0.2, 0) is 4.74 Å². The molecule has 4 aliphatic rings. The van der Waals surface area contributed by atoms with Gasteiger partial charge in [0.25, 0.3) is 0 Å². The topological polar surface area (TPSA) is 85.7 Å². The number of pyridine rings is 2. The van der Waals surface area contributed by atoms with Crippen molar-refractivity contribution in [1.29, 1.82) is 0 Å². The van der Waals surface area contributed by atoms with Crippen molar-refractivity contribution in [2.24, 2.45) is 5.92 Å². The minimum absolute atomic E-state index is 0.00589. The lowest BCUT2D eigenvalue weighted by atomic mass is 9.95. The van der Waals surface area contributed by atoms with E-state index in [1.54, 1.807) is 9.80 Å². The zero-order valence-corrected chi connectivity index (χ0v) is 23.6. The van der Waals surface area contributed by atoms with Gasteiger partial charge in [0.15, 0.2) is 17.4 Å². The van der Waals surface area contributed by atoms with E-state index in [1.165, 1.54) is 6.20 Å². The van der Waals surface area contributed by atoms with Crippen molar-refractivity contribution >= 4 is 27.5 Å². The Balaban J connectivity index is 1.32. The zero-order valence-electron chi connectivity index (χ0n) is 28.6. The van der Waals surface area contributed by atoms with Crippen LogP contribution < -0.4 is 14.4 Å². The molecule has 8 rings (SSSR count). The van der Waals surface area contributed by atoms with Gasteiger partial charge in [0.05, 0.1) is 44.1 Å². The van der Waals surface area contributed by atoms with Crippen LogP contribution in [0.5, 0.6) is 11.8 Å². The van der Waals surface area contributed by atoms with Gasteiger partial charge >= 0.3 is 6.01 Å². The molecule has 0 N–H and O–H groups in total. The number of fused-ring (bicyclic) bond motifs is 4. The van der Waals surface area contributed by atoms with Gasteiger partial charge in [-0.1, -0.05) is 0 Å². The normalized spacial score (nSPS) is 30.2. The maximum Gasteiger partial charge on any atom is 0.319 e. The summed E-state index contributed by atoms with van der Waals surface area (Å²) in [5.74, 6) is -5.73. The molecule has 0 radical (unpaired) electrons. The van der Waals surface area contributed by atoms with Gasteiger partial charge in [-0.05, 0) is 25.5 Å². The van der Waals surface area contributed by atoms with Crippen molar-refractivity contribution in [1.82, 2.24) is 24.8 Å². The van der Waals surface area contributed by atoms with Crippen molar-refractivity contribution in [3.05, 3.63) is 42.1 Å². The van der Waals surface area contributed by atoms with Crippen LogP contribution in [0.15, 0.2) is 24.7 Å². The molecule has 6 heterocycles. The van der Waals surface area contributed by atoms with Gasteiger partial charge in [0, 0.05) is 60.4 Å². The molecule has 1 aromatic carbocycles. The quantitative estimate of drug-likeness (QED) is 0.278. The van der Waals surface area contributed by atoms with Gasteiger partial charge in [-0.2, -0.15) is 14.4 Å². The summed E-state index contributed by atoms with van der Waals surface area (Å²) in [6, 6.07) is -0.544. The van der Waals surface area contributed by atoms with Crippen LogP contribution in [0.2, 0.25) is 0 Å². The van der Waals surface area contributed by atoms with E-state index in [0.29, 0.717) is 19.4 Å². The van der Waals surface area contributed by atoms with Crippen LogP contribution >= 0.6 is 0 Å².